The Bertz CT molecular complexity index is 1110. The first-order valence-electron chi connectivity index (χ1n) is 8.32. The zero-order valence-electron chi connectivity index (χ0n) is 14.8. The largest absolute Gasteiger partial charge is 0.506 e. The lowest BCUT2D eigenvalue weighted by molar-refractivity contribution is -0.352. The van der Waals surface area contributed by atoms with Gasteiger partial charge in [-0.25, -0.2) is 4.99 Å². The Morgan fingerprint density at radius 1 is 1.14 bits per heavy atom. The summed E-state index contributed by atoms with van der Waals surface area (Å²) in [6.45, 7) is 3.92. The smallest absolute Gasteiger partial charge is 0.479 e. The lowest BCUT2D eigenvalue weighted by atomic mass is 9.70. The van der Waals surface area contributed by atoms with Crippen molar-refractivity contribution in [2.45, 2.75) is 24.8 Å². The van der Waals surface area contributed by atoms with E-state index in [2.05, 4.69) is 11.1 Å². The van der Waals surface area contributed by atoms with Gasteiger partial charge in [-0.2, -0.15) is 18.4 Å². The highest BCUT2D eigenvalue weighted by Crippen LogP contribution is 2.46. The standard InChI is InChI=1S/C20H13F3N2O2S/c1-19(2)14-6-4-11(27-28-20(21,22)23)8-13(14)17(26)16-12-5-3-10(9-24)7-15(12)25-18(16)19/h3-8,26H,1-2H3/p+1. The lowest BCUT2D eigenvalue weighted by Gasteiger charge is -2.30. The molecule has 0 radical (unpaired) electrons. The Kier molecular flexibility index (Phi) is 3.98. The van der Waals surface area contributed by atoms with E-state index in [0.717, 1.165) is 16.8 Å². The quantitative estimate of drug-likeness (QED) is 0.745. The van der Waals surface area contributed by atoms with Gasteiger partial charge >= 0.3 is 5.51 Å². The number of benzene rings is 2. The van der Waals surface area contributed by atoms with Crippen LogP contribution in [0, 0.1) is 11.3 Å². The molecule has 2 N–H and O–H groups in total. The van der Waals surface area contributed by atoms with E-state index in [4.69, 9.17) is 9.44 Å². The van der Waals surface area contributed by atoms with Gasteiger partial charge in [0.15, 0.2) is 12.0 Å². The van der Waals surface area contributed by atoms with Crippen molar-refractivity contribution in [3.63, 3.8) is 0 Å². The Balaban J connectivity index is 1.86. The van der Waals surface area contributed by atoms with Gasteiger partial charge in [-0.1, -0.05) is 6.07 Å². The molecule has 1 aliphatic carbocycles. The monoisotopic (exact) mass is 403 g/mol. The average Bonchev–Trinajstić information content (AvgIpc) is 3.04. The van der Waals surface area contributed by atoms with Gasteiger partial charge in [0.05, 0.1) is 28.2 Å². The molecule has 0 atom stereocenters. The second kappa shape index (κ2) is 6.04. The Labute approximate surface area is 163 Å². The van der Waals surface area contributed by atoms with E-state index < -0.39 is 23.0 Å². The number of nitrogens with one attached hydrogen (secondary N) is 1. The summed E-state index contributed by atoms with van der Waals surface area (Å²) in [5.41, 5.74) is -0.597. The predicted octanol–water partition coefficient (Wildman–Crippen LogP) is 3.99. The summed E-state index contributed by atoms with van der Waals surface area (Å²) in [4.78, 5) is 3.30. The minimum Gasteiger partial charge on any atom is -0.506 e. The molecule has 4 nitrogen and oxygen atoms in total. The number of aliphatic hydroxyl groups excluding tert-OH is 1. The Morgan fingerprint density at radius 3 is 2.57 bits per heavy atom. The predicted molar refractivity (Wildman–Crippen MR) is 100.0 cm³/mol. The fourth-order valence-corrected chi connectivity index (χ4v) is 3.96. The number of hydrogen-bond donors (Lipinski definition) is 2. The number of fused-ring (bicyclic) bond motifs is 4. The maximum atomic E-state index is 12.4. The third-order valence-electron chi connectivity index (χ3n) is 4.94. The maximum absolute atomic E-state index is 12.4. The summed E-state index contributed by atoms with van der Waals surface area (Å²) < 4.78 is 42.0. The molecule has 2 aromatic rings. The first-order chi connectivity index (χ1) is 13.1. The van der Waals surface area contributed by atoms with Crippen molar-refractivity contribution in [1.82, 2.24) is 0 Å². The van der Waals surface area contributed by atoms with Gasteiger partial charge in [0.1, 0.15) is 11.5 Å². The molecule has 2 aromatic carbocycles. The average molecular weight is 403 g/mol. The number of aliphatic hydroxyl groups is 1. The third-order valence-corrected chi connectivity index (χ3v) is 5.41. The third kappa shape index (κ3) is 2.83. The van der Waals surface area contributed by atoms with E-state index in [1.165, 1.54) is 12.1 Å². The topological polar surface area (TPSA) is 67.2 Å². The molecule has 2 aliphatic rings. The second-order valence-electron chi connectivity index (χ2n) is 7.04. The Hall–Kier alpha value is -2.92. The van der Waals surface area contributed by atoms with E-state index in [1.807, 2.05) is 13.8 Å². The zero-order valence-corrected chi connectivity index (χ0v) is 15.6. The number of halogens is 3. The van der Waals surface area contributed by atoms with Crippen LogP contribution in [0.15, 0.2) is 36.4 Å². The molecule has 0 aromatic heterocycles. The highest BCUT2D eigenvalue weighted by Gasteiger charge is 2.47. The number of hydrogen-bond acceptors (Lipinski definition) is 4. The van der Waals surface area contributed by atoms with Crippen molar-refractivity contribution in [2.24, 2.45) is 0 Å². The van der Waals surface area contributed by atoms with E-state index in [1.54, 1.807) is 24.3 Å². The van der Waals surface area contributed by atoms with Crippen LogP contribution in [0.3, 0.4) is 0 Å². The molecule has 28 heavy (non-hydrogen) atoms. The summed E-state index contributed by atoms with van der Waals surface area (Å²) >= 11 is -0.595. The molecule has 1 heterocycles. The number of allylic oxidation sites excluding steroid dienone is 1. The molecular formula is C20H14F3N2O2S+. The number of nitrogens with zero attached hydrogens (tertiary/aromatic N) is 1. The van der Waals surface area contributed by atoms with Crippen LogP contribution in [0.2, 0.25) is 0 Å². The molecule has 0 amide bonds. The van der Waals surface area contributed by atoms with E-state index >= 15 is 0 Å². The van der Waals surface area contributed by atoms with Crippen molar-refractivity contribution < 1.29 is 27.5 Å². The van der Waals surface area contributed by atoms with Crippen molar-refractivity contribution in [3.05, 3.63) is 58.7 Å². The highest BCUT2D eigenvalue weighted by atomic mass is 32.2. The van der Waals surface area contributed by atoms with Crippen molar-refractivity contribution >= 4 is 34.8 Å². The minimum atomic E-state index is -4.52. The van der Waals surface area contributed by atoms with Crippen LogP contribution in [0.5, 0.6) is 5.75 Å². The van der Waals surface area contributed by atoms with Crippen molar-refractivity contribution in [2.75, 3.05) is 0 Å². The van der Waals surface area contributed by atoms with Crippen molar-refractivity contribution in [1.29, 1.82) is 5.26 Å². The molecule has 0 saturated carbocycles. The summed E-state index contributed by atoms with van der Waals surface area (Å²) in [6, 6.07) is 11.7. The summed E-state index contributed by atoms with van der Waals surface area (Å²) in [7, 11) is 0. The van der Waals surface area contributed by atoms with Crippen molar-refractivity contribution in [3.8, 4) is 11.8 Å². The molecule has 4 rings (SSSR count). The zero-order chi connectivity index (χ0) is 20.3. The van der Waals surface area contributed by atoms with Gasteiger partial charge in [0, 0.05) is 11.6 Å². The molecule has 142 valence electrons. The van der Waals surface area contributed by atoms with Gasteiger partial charge in [-0.15, -0.1) is 0 Å². The molecular weight excluding hydrogens is 389 g/mol. The molecule has 0 spiro atoms. The molecule has 0 unspecified atom stereocenters. The first-order valence-corrected chi connectivity index (χ1v) is 9.06. The van der Waals surface area contributed by atoms with Crippen LogP contribution in [0.1, 0.15) is 36.1 Å². The minimum absolute atomic E-state index is 0.00140. The SMILES string of the molecule is CC1(C)C2=[NH+]c3cc(C#N)ccc3C2=C(O)c2cc(OSC(F)(F)F)ccc21. The Morgan fingerprint density at radius 2 is 1.89 bits per heavy atom. The molecule has 8 heteroatoms. The van der Waals surface area contributed by atoms with Gasteiger partial charge in [-0.05, 0) is 43.7 Å². The maximum Gasteiger partial charge on any atom is 0.479 e. The fourth-order valence-electron chi connectivity index (χ4n) is 3.66. The van der Waals surface area contributed by atoms with Crippen LogP contribution in [0.25, 0.3) is 11.3 Å². The van der Waals surface area contributed by atoms with Gasteiger partial charge in [0.25, 0.3) is 0 Å². The lowest BCUT2D eigenvalue weighted by Crippen LogP contribution is -2.68. The first kappa shape index (κ1) is 18.4. The number of alkyl halides is 3. The van der Waals surface area contributed by atoms with E-state index in [0.29, 0.717) is 22.4 Å². The molecule has 0 bridgehead atoms. The molecule has 1 aliphatic heterocycles. The van der Waals surface area contributed by atoms with Crippen LogP contribution in [0.4, 0.5) is 18.9 Å². The fraction of sp³-hybridized carbons (Fsp3) is 0.200. The van der Waals surface area contributed by atoms with Crippen LogP contribution in [-0.4, -0.2) is 16.3 Å². The van der Waals surface area contributed by atoms with Crippen LogP contribution >= 0.6 is 12.0 Å². The summed E-state index contributed by atoms with van der Waals surface area (Å²) in [5, 5.41) is 20.1. The van der Waals surface area contributed by atoms with Crippen LogP contribution in [-0.2, 0) is 5.41 Å². The van der Waals surface area contributed by atoms with Crippen LogP contribution < -0.4 is 9.18 Å². The number of nitriles is 1. The van der Waals surface area contributed by atoms with Gasteiger partial charge in [0.2, 0.25) is 11.4 Å². The molecule has 0 saturated heterocycles. The normalized spacial score (nSPS) is 16.6. The van der Waals surface area contributed by atoms with E-state index in [-0.39, 0.29) is 11.5 Å². The summed E-state index contributed by atoms with van der Waals surface area (Å²) in [5.74, 6) is -0.0405. The summed E-state index contributed by atoms with van der Waals surface area (Å²) in [6.07, 6.45) is 0. The van der Waals surface area contributed by atoms with Gasteiger partial charge in [-0.3, -0.25) is 0 Å². The highest BCUT2D eigenvalue weighted by molar-refractivity contribution is 7.95. The second-order valence-corrected chi connectivity index (χ2v) is 7.84. The number of rotatable bonds is 2. The van der Waals surface area contributed by atoms with Gasteiger partial charge < -0.3 is 9.29 Å². The van der Waals surface area contributed by atoms with E-state index in [9.17, 15) is 18.3 Å². The molecule has 0 fully saturated rings.